The second kappa shape index (κ2) is 9.86. The van der Waals surface area contributed by atoms with Gasteiger partial charge in [-0.25, -0.2) is 0 Å². The average molecular weight is 454 g/mol. The number of piperidine rings is 1. The van der Waals surface area contributed by atoms with Gasteiger partial charge in [0.05, 0.1) is 7.11 Å². The van der Waals surface area contributed by atoms with Crippen molar-refractivity contribution in [3.63, 3.8) is 0 Å². The summed E-state index contributed by atoms with van der Waals surface area (Å²) in [5.41, 5.74) is 3.31. The molecule has 0 aromatic heterocycles. The summed E-state index contributed by atoms with van der Waals surface area (Å²) < 4.78 is 5.52. The van der Waals surface area contributed by atoms with E-state index in [1.54, 1.807) is 7.11 Å². The third kappa shape index (κ3) is 5.12. The molecule has 3 nitrogen and oxygen atoms in total. The van der Waals surface area contributed by atoms with Crippen molar-refractivity contribution in [2.45, 2.75) is 18.9 Å². The number of hydrogen-bond acceptors (Lipinski definition) is 3. The van der Waals surface area contributed by atoms with Gasteiger partial charge in [0.2, 0.25) is 0 Å². The molecule has 1 aliphatic heterocycles. The van der Waals surface area contributed by atoms with Crippen LogP contribution in [-0.4, -0.2) is 30.9 Å². The lowest BCUT2D eigenvalue weighted by atomic mass is 9.76. The number of ether oxygens (including phenoxy) is 1. The molecule has 1 atom stereocenters. The molecule has 1 unspecified atom stereocenters. The normalized spacial score (nSPS) is 17.2. The van der Waals surface area contributed by atoms with Crippen LogP contribution < -0.4 is 4.74 Å². The summed E-state index contributed by atoms with van der Waals surface area (Å²) in [6.45, 7) is 2.19. The smallest absolute Gasteiger partial charge is 0.139 e. The molecule has 0 N–H and O–H groups in total. The lowest BCUT2D eigenvalue weighted by Crippen LogP contribution is -2.43. The number of halogens is 2. The second-order valence-corrected chi connectivity index (χ2v) is 8.82. The Morgan fingerprint density at radius 2 is 1.52 bits per heavy atom. The van der Waals surface area contributed by atoms with Crippen LogP contribution in [0.4, 0.5) is 0 Å². The predicted molar refractivity (Wildman–Crippen MR) is 126 cm³/mol. The van der Waals surface area contributed by atoms with Crippen molar-refractivity contribution >= 4 is 29.0 Å². The molecule has 1 aliphatic rings. The molecule has 1 heterocycles. The molecular weight excluding hydrogens is 429 g/mol. The fraction of sp³-hybridized carbons (Fsp3) is 0.269. The molecule has 3 aromatic carbocycles. The summed E-state index contributed by atoms with van der Waals surface area (Å²) in [6.07, 6.45) is 0.539. The Morgan fingerprint density at radius 1 is 0.935 bits per heavy atom. The average Bonchev–Trinajstić information content (AvgIpc) is 2.79. The van der Waals surface area contributed by atoms with Crippen molar-refractivity contribution < 1.29 is 9.53 Å². The van der Waals surface area contributed by atoms with Gasteiger partial charge >= 0.3 is 0 Å². The molecule has 1 saturated heterocycles. The van der Waals surface area contributed by atoms with Crippen LogP contribution in [0, 0.1) is 5.92 Å². The zero-order valence-electron chi connectivity index (χ0n) is 17.4. The minimum Gasteiger partial charge on any atom is -0.496 e. The quantitative estimate of drug-likeness (QED) is 0.443. The van der Waals surface area contributed by atoms with Gasteiger partial charge in [-0.2, -0.15) is 0 Å². The lowest BCUT2D eigenvalue weighted by Gasteiger charge is -2.36. The van der Waals surface area contributed by atoms with Gasteiger partial charge in [-0.1, -0.05) is 65.7 Å². The zero-order chi connectivity index (χ0) is 21.8. The van der Waals surface area contributed by atoms with E-state index in [0.717, 1.165) is 35.5 Å². The monoisotopic (exact) mass is 453 g/mol. The molecule has 0 spiro atoms. The molecule has 0 amide bonds. The van der Waals surface area contributed by atoms with E-state index in [2.05, 4.69) is 11.0 Å². The molecule has 0 aliphatic carbocycles. The van der Waals surface area contributed by atoms with Crippen molar-refractivity contribution in [3.8, 4) is 5.75 Å². The Balaban J connectivity index is 1.65. The highest BCUT2D eigenvalue weighted by Crippen LogP contribution is 2.37. The van der Waals surface area contributed by atoms with E-state index in [1.165, 1.54) is 0 Å². The van der Waals surface area contributed by atoms with Crippen molar-refractivity contribution in [2.24, 2.45) is 5.92 Å². The van der Waals surface area contributed by atoms with Gasteiger partial charge in [-0.15, -0.1) is 0 Å². The Morgan fingerprint density at radius 3 is 2.10 bits per heavy atom. The number of carbonyl (C=O) groups excluding carboxylic acids is 1. The summed E-state index contributed by atoms with van der Waals surface area (Å²) in [5, 5.41) is 1.37. The van der Waals surface area contributed by atoms with E-state index in [0.29, 0.717) is 28.8 Å². The first-order valence-electron chi connectivity index (χ1n) is 10.4. The third-order valence-electron chi connectivity index (χ3n) is 5.99. The number of methoxy groups -OCH3 is 1. The summed E-state index contributed by atoms with van der Waals surface area (Å²) in [7, 11) is 1.69. The highest BCUT2D eigenvalue weighted by atomic mass is 35.5. The Labute approximate surface area is 193 Å². The lowest BCUT2D eigenvalue weighted by molar-refractivity contribution is -0.126. The molecule has 1 fully saturated rings. The van der Waals surface area contributed by atoms with Gasteiger partial charge in [0.25, 0.3) is 0 Å². The van der Waals surface area contributed by atoms with Crippen LogP contribution >= 0.6 is 23.2 Å². The number of para-hydroxylation sites is 1. The first-order valence-corrected chi connectivity index (χ1v) is 11.2. The zero-order valence-corrected chi connectivity index (χ0v) is 18.9. The molecule has 0 saturated carbocycles. The van der Waals surface area contributed by atoms with Crippen molar-refractivity contribution in [3.05, 3.63) is 99.5 Å². The predicted octanol–water partition coefficient (Wildman–Crippen LogP) is 6.23. The van der Waals surface area contributed by atoms with E-state index in [-0.39, 0.29) is 11.8 Å². The fourth-order valence-electron chi connectivity index (χ4n) is 4.43. The summed E-state index contributed by atoms with van der Waals surface area (Å²) in [5.74, 6) is 0.974. The van der Waals surface area contributed by atoms with Gasteiger partial charge < -0.3 is 4.74 Å². The van der Waals surface area contributed by atoms with E-state index >= 15 is 0 Å². The molecule has 160 valence electrons. The number of carbonyl (C=O) groups is 1. The molecule has 5 heteroatoms. The first-order chi connectivity index (χ1) is 15.0. The van der Waals surface area contributed by atoms with E-state index < -0.39 is 0 Å². The number of rotatable bonds is 6. The maximum Gasteiger partial charge on any atom is 0.139 e. The van der Waals surface area contributed by atoms with E-state index in [4.69, 9.17) is 27.9 Å². The van der Waals surface area contributed by atoms with Crippen LogP contribution in [0.25, 0.3) is 0 Å². The van der Waals surface area contributed by atoms with Crippen LogP contribution in [0.2, 0.25) is 10.0 Å². The summed E-state index contributed by atoms with van der Waals surface area (Å²) >= 11 is 12.3. The molecule has 0 bridgehead atoms. The standard InChI is InChI=1S/C26H25Cl2NO2/c1-31-25-5-3-2-4-20(25)16-29-15-14-24(30)23(17-29)26(18-6-10-21(27)11-7-18)19-8-12-22(28)13-9-19/h2-13,23,26H,14-17H2,1H3. The van der Waals surface area contributed by atoms with Gasteiger partial charge in [-0.3, -0.25) is 9.69 Å². The second-order valence-electron chi connectivity index (χ2n) is 7.95. The number of Topliss-reactive ketones (excluding diaryl/α,β-unsaturated/α-hetero) is 1. The van der Waals surface area contributed by atoms with Crippen molar-refractivity contribution in [1.29, 1.82) is 0 Å². The highest BCUT2D eigenvalue weighted by molar-refractivity contribution is 6.30. The van der Waals surface area contributed by atoms with E-state index in [9.17, 15) is 4.79 Å². The minimum absolute atomic E-state index is 0.0532. The van der Waals surface area contributed by atoms with Gasteiger partial charge in [-0.05, 0) is 41.5 Å². The van der Waals surface area contributed by atoms with Crippen molar-refractivity contribution in [1.82, 2.24) is 4.90 Å². The number of likely N-dealkylation sites (tertiary alicyclic amines) is 1. The summed E-state index contributed by atoms with van der Waals surface area (Å²) in [4.78, 5) is 15.5. The van der Waals surface area contributed by atoms with Crippen LogP contribution in [0.1, 0.15) is 29.0 Å². The molecule has 3 aromatic rings. The summed E-state index contributed by atoms with van der Waals surface area (Å²) in [6, 6.07) is 23.7. The Bertz CT molecular complexity index is 989. The molecule has 4 rings (SSSR count). The Kier molecular flexibility index (Phi) is 6.96. The van der Waals surface area contributed by atoms with Crippen LogP contribution in [-0.2, 0) is 11.3 Å². The third-order valence-corrected chi connectivity index (χ3v) is 6.49. The van der Waals surface area contributed by atoms with Crippen LogP contribution in [0.15, 0.2) is 72.8 Å². The minimum atomic E-state index is -0.147. The number of nitrogens with zero attached hydrogens (tertiary/aromatic N) is 1. The SMILES string of the molecule is COc1ccccc1CN1CCC(=O)C(C(c2ccc(Cl)cc2)c2ccc(Cl)cc2)C1. The first kappa shape index (κ1) is 21.9. The van der Waals surface area contributed by atoms with Crippen LogP contribution in [0.5, 0.6) is 5.75 Å². The topological polar surface area (TPSA) is 29.5 Å². The number of hydrogen-bond donors (Lipinski definition) is 0. The number of benzene rings is 3. The maximum atomic E-state index is 13.1. The molecular formula is C26H25Cl2NO2. The van der Waals surface area contributed by atoms with Crippen molar-refractivity contribution in [2.75, 3.05) is 20.2 Å². The Hall–Kier alpha value is -2.33. The van der Waals surface area contributed by atoms with Gasteiger partial charge in [0.1, 0.15) is 11.5 Å². The van der Waals surface area contributed by atoms with Gasteiger partial charge in [0.15, 0.2) is 0 Å². The maximum absolute atomic E-state index is 13.1. The van der Waals surface area contributed by atoms with Crippen LogP contribution in [0.3, 0.4) is 0 Å². The molecule has 0 radical (unpaired) electrons. The van der Waals surface area contributed by atoms with E-state index in [1.807, 2.05) is 66.7 Å². The largest absolute Gasteiger partial charge is 0.496 e. The number of ketones is 1. The van der Waals surface area contributed by atoms with Gasteiger partial charge in [0, 0.05) is 53.5 Å². The highest BCUT2D eigenvalue weighted by Gasteiger charge is 2.35. The molecule has 31 heavy (non-hydrogen) atoms. The fourth-order valence-corrected chi connectivity index (χ4v) is 4.68.